The van der Waals surface area contributed by atoms with Gasteiger partial charge < -0.3 is 9.55 Å². The molecule has 0 atom stereocenters. The molecule has 1 N–H and O–H groups in total. The number of aromatic amines is 1. The minimum atomic E-state index is -0.0571. The van der Waals surface area contributed by atoms with Crippen LogP contribution in [0.2, 0.25) is 0 Å². The molecule has 0 saturated carbocycles. The smallest absolute Gasteiger partial charge is 0.147 e. The third-order valence-electron chi connectivity index (χ3n) is 9.74. The van der Waals surface area contributed by atoms with Gasteiger partial charge in [-0.05, 0) is 83.5 Å². The lowest BCUT2D eigenvalue weighted by Gasteiger charge is -2.21. The van der Waals surface area contributed by atoms with Crippen molar-refractivity contribution in [2.24, 2.45) is 7.05 Å². The molecule has 0 amide bonds. The van der Waals surface area contributed by atoms with E-state index in [-0.39, 0.29) is 10.8 Å². The number of pyridine rings is 1. The maximum Gasteiger partial charge on any atom is 0.147 e. The van der Waals surface area contributed by atoms with Crippen LogP contribution in [0.1, 0.15) is 58.4 Å². The topological polar surface area (TPSA) is 51.4 Å². The Morgan fingerprint density at radius 3 is 2.04 bits per heavy atom. The Labute approximate surface area is 275 Å². The summed E-state index contributed by atoms with van der Waals surface area (Å²) in [5.41, 5.74) is 11.0. The first kappa shape index (κ1) is 29.3. The summed E-state index contributed by atoms with van der Waals surface area (Å²) >= 11 is 0. The summed E-state index contributed by atoms with van der Waals surface area (Å²) in [6.07, 6.45) is 0. The van der Waals surface area contributed by atoms with Crippen LogP contribution in [0.4, 0.5) is 0 Å². The molecule has 8 aromatic rings. The molecular formula is C42H41N5. The zero-order valence-electron chi connectivity index (χ0n) is 28.5. The number of aryl methyl sites for hydroxylation is 2. The molecule has 0 saturated heterocycles. The average Bonchev–Trinajstić information content (AvgIpc) is 3.68. The van der Waals surface area contributed by atoms with Gasteiger partial charge >= 0.3 is 0 Å². The molecule has 0 aliphatic carbocycles. The van der Waals surface area contributed by atoms with Gasteiger partial charge in [-0.3, -0.25) is 4.57 Å². The fourth-order valence-corrected chi connectivity index (χ4v) is 6.99. The highest BCUT2D eigenvalue weighted by Gasteiger charge is 2.23. The molecule has 0 unspecified atom stereocenters. The molecule has 0 bridgehead atoms. The van der Waals surface area contributed by atoms with Crippen molar-refractivity contribution in [1.82, 2.24) is 24.1 Å². The van der Waals surface area contributed by atoms with E-state index in [1.54, 1.807) is 0 Å². The van der Waals surface area contributed by atoms with Crippen LogP contribution in [0.15, 0.2) is 97.1 Å². The average molecular weight is 616 g/mol. The van der Waals surface area contributed by atoms with Crippen LogP contribution in [0.25, 0.3) is 72.2 Å². The highest BCUT2D eigenvalue weighted by molar-refractivity contribution is 6.10. The van der Waals surface area contributed by atoms with Gasteiger partial charge in [-0.15, -0.1) is 0 Å². The highest BCUT2D eigenvalue weighted by atomic mass is 15.1. The molecule has 4 heterocycles. The molecule has 47 heavy (non-hydrogen) atoms. The van der Waals surface area contributed by atoms with Crippen molar-refractivity contribution < 1.29 is 0 Å². The Morgan fingerprint density at radius 1 is 0.596 bits per heavy atom. The van der Waals surface area contributed by atoms with Gasteiger partial charge in [0.05, 0.1) is 22.2 Å². The van der Waals surface area contributed by atoms with Gasteiger partial charge in [0.1, 0.15) is 17.3 Å². The van der Waals surface area contributed by atoms with Crippen molar-refractivity contribution in [2.75, 3.05) is 0 Å². The number of rotatable bonds is 3. The lowest BCUT2D eigenvalue weighted by atomic mass is 9.84. The number of para-hydroxylation sites is 2. The third kappa shape index (κ3) is 4.67. The number of aromatic nitrogens is 5. The predicted molar refractivity (Wildman–Crippen MR) is 198 cm³/mol. The fourth-order valence-electron chi connectivity index (χ4n) is 6.99. The van der Waals surface area contributed by atoms with Crippen LogP contribution in [-0.4, -0.2) is 24.1 Å². The van der Waals surface area contributed by atoms with Crippen LogP contribution >= 0.6 is 0 Å². The number of benzene rings is 4. The highest BCUT2D eigenvalue weighted by Crippen LogP contribution is 2.39. The first-order valence-electron chi connectivity index (χ1n) is 16.5. The number of hydrogen-bond donors (Lipinski definition) is 1. The predicted octanol–water partition coefficient (Wildman–Crippen LogP) is 10.8. The number of nitrogens with zero attached hydrogens (tertiary/aromatic N) is 4. The van der Waals surface area contributed by atoms with Crippen LogP contribution in [0, 0.1) is 6.92 Å². The molecule has 0 spiro atoms. The number of nitrogens with one attached hydrogen (secondary N) is 1. The van der Waals surface area contributed by atoms with E-state index in [9.17, 15) is 0 Å². The molecule has 5 nitrogen and oxygen atoms in total. The molecule has 5 heteroatoms. The Kier molecular flexibility index (Phi) is 6.33. The summed E-state index contributed by atoms with van der Waals surface area (Å²) in [7, 11) is 2.10. The molecule has 4 aromatic carbocycles. The monoisotopic (exact) mass is 615 g/mol. The van der Waals surface area contributed by atoms with Crippen molar-refractivity contribution in [3.05, 3.63) is 114 Å². The minimum absolute atomic E-state index is 0.0330. The Balaban J connectivity index is 1.41. The molecule has 0 aliphatic rings. The van der Waals surface area contributed by atoms with Crippen molar-refractivity contribution in [1.29, 1.82) is 0 Å². The molecule has 8 rings (SSSR count). The van der Waals surface area contributed by atoms with Gasteiger partial charge in [0.15, 0.2) is 0 Å². The van der Waals surface area contributed by atoms with Gasteiger partial charge in [0.25, 0.3) is 0 Å². The maximum atomic E-state index is 5.51. The number of H-pyrrole nitrogens is 1. The van der Waals surface area contributed by atoms with E-state index in [0.717, 1.165) is 61.7 Å². The zero-order valence-corrected chi connectivity index (χ0v) is 28.5. The lowest BCUT2D eigenvalue weighted by Crippen LogP contribution is -2.11. The van der Waals surface area contributed by atoms with E-state index < -0.39 is 0 Å². The van der Waals surface area contributed by atoms with Crippen molar-refractivity contribution >= 4 is 43.7 Å². The second-order valence-corrected chi connectivity index (χ2v) is 15.1. The molecule has 4 aromatic heterocycles. The van der Waals surface area contributed by atoms with Gasteiger partial charge in [0.2, 0.25) is 0 Å². The first-order valence-corrected chi connectivity index (χ1v) is 16.5. The van der Waals surface area contributed by atoms with Crippen LogP contribution < -0.4 is 0 Å². The van der Waals surface area contributed by atoms with Crippen molar-refractivity contribution in [2.45, 2.75) is 59.3 Å². The summed E-state index contributed by atoms with van der Waals surface area (Å²) in [6.45, 7) is 15.8. The molecule has 0 aliphatic heterocycles. The zero-order chi connectivity index (χ0) is 32.8. The SMILES string of the molecule is Cc1[nH]c(-n2c3ccc(C(C)(C)C)cc3c3ccc(-c4cc(-c5nc6ccccc6n5C)cc(C(C)(C)C)c4)nc32)c2ccccc12. The lowest BCUT2D eigenvalue weighted by molar-refractivity contribution is 0.590. The van der Waals surface area contributed by atoms with E-state index in [0.29, 0.717) is 0 Å². The summed E-state index contributed by atoms with van der Waals surface area (Å²) < 4.78 is 4.52. The molecule has 234 valence electrons. The van der Waals surface area contributed by atoms with Crippen molar-refractivity contribution in [3.8, 4) is 28.5 Å². The second-order valence-electron chi connectivity index (χ2n) is 15.1. The summed E-state index contributed by atoms with van der Waals surface area (Å²) in [6, 6.07) is 35.2. The van der Waals surface area contributed by atoms with Crippen LogP contribution in [-0.2, 0) is 17.9 Å². The van der Waals surface area contributed by atoms with Gasteiger partial charge in [-0.2, -0.15) is 0 Å². The Morgan fingerprint density at radius 2 is 1.30 bits per heavy atom. The second kappa shape index (κ2) is 10.2. The number of fused-ring (bicyclic) bond motifs is 5. The minimum Gasteiger partial charge on any atom is -0.344 e. The Bertz CT molecular complexity index is 2510. The van der Waals surface area contributed by atoms with E-state index in [1.807, 2.05) is 6.07 Å². The molecule has 0 fully saturated rings. The summed E-state index contributed by atoms with van der Waals surface area (Å²) in [4.78, 5) is 14.3. The van der Waals surface area contributed by atoms with E-state index in [1.165, 1.54) is 27.3 Å². The molecule has 0 radical (unpaired) electrons. The third-order valence-corrected chi connectivity index (χ3v) is 9.74. The Hall–Kier alpha value is -5.16. The standard InChI is InChI=1S/C42H41N5/c1-25-30-13-9-10-14-31(30)39(43-25)47-36-20-17-28(41(2,3)4)24-33(36)32-18-19-34(44-40(32)47)26-21-27(23-29(22-26)42(5,6)7)38-45-35-15-11-12-16-37(35)46(38)8/h9-24,43H,1-8H3. The van der Waals surface area contributed by atoms with E-state index in [2.05, 4.69) is 161 Å². The number of hydrogen-bond acceptors (Lipinski definition) is 2. The van der Waals surface area contributed by atoms with Gasteiger partial charge in [0, 0.05) is 45.4 Å². The quantitative estimate of drug-likeness (QED) is 0.215. The van der Waals surface area contributed by atoms with Gasteiger partial charge in [-0.1, -0.05) is 84.0 Å². The number of imidazole rings is 1. The van der Waals surface area contributed by atoms with E-state index >= 15 is 0 Å². The summed E-state index contributed by atoms with van der Waals surface area (Å²) in [5, 5.41) is 4.78. The van der Waals surface area contributed by atoms with E-state index in [4.69, 9.17) is 9.97 Å². The van der Waals surface area contributed by atoms with Gasteiger partial charge in [-0.25, -0.2) is 9.97 Å². The maximum absolute atomic E-state index is 5.51. The van der Waals surface area contributed by atoms with Crippen molar-refractivity contribution in [3.63, 3.8) is 0 Å². The fraction of sp³-hybridized carbons (Fsp3) is 0.238. The largest absolute Gasteiger partial charge is 0.344 e. The molecular weight excluding hydrogens is 574 g/mol. The van der Waals surface area contributed by atoms with Crippen LogP contribution in [0.3, 0.4) is 0 Å². The summed E-state index contributed by atoms with van der Waals surface area (Å²) in [5.74, 6) is 2.01. The normalized spacial score (nSPS) is 12.7. The van der Waals surface area contributed by atoms with Crippen LogP contribution in [0.5, 0.6) is 0 Å². The first-order chi connectivity index (χ1) is 22.4.